The Bertz CT molecular complexity index is 495. The maximum Gasteiger partial charge on any atom is 0.412 e. The molecule has 124 valence electrons. The van der Waals surface area contributed by atoms with E-state index in [4.69, 9.17) is 9.47 Å². The van der Waals surface area contributed by atoms with Crippen LogP contribution in [0.2, 0.25) is 0 Å². The molecule has 0 spiro atoms. The van der Waals surface area contributed by atoms with Crippen molar-refractivity contribution in [3.05, 3.63) is 18.2 Å². The molecule has 0 aromatic heterocycles. The lowest BCUT2D eigenvalue weighted by atomic mass is 10.1. The summed E-state index contributed by atoms with van der Waals surface area (Å²) in [5.74, 6) is 1.28. The lowest BCUT2D eigenvalue weighted by Crippen LogP contribution is -2.27. The monoisotopic (exact) mass is 308 g/mol. The number of hydrogen-bond acceptors (Lipinski definition) is 4. The minimum Gasteiger partial charge on any atom is -0.497 e. The van der Waals surface area contributed by atoms with Crippen molar-refractivity contribution >= 4 is 17.5 Å². The molecule has 0 saturated heterocycles. The zero-order valence-electron chi connectivity index (χ0n) is 14.4. The van der Waals surface area contributed by atoms with E-state index in [9.17, 15) is 4.79 Å². The van der Waals surface area contributed by atoms with Gasteiger partial charge in [-0.25, -0.2) is 4.79 Å². The molecule has 0 radical (unpaired) electrons. The van der Waals surface area contributed by atoms with Crippen LogP contribution in [0.4, 0.5) is 16.2 Å². The Morgan fingerprint density at radius 2 is 1.95 bits per heavy atom. The number of carbonyl (C=O) groups is 1. The van der Waals surface area contributed by atoms with Crippen LogP contribution in [0.15, 0.2) is 18.2 Å². The maximum absolute atomic E-state index is 11.9. The van der Waals surface area contributed by atoms with Crippen LogP contribution < -0.4 is 15.4 Å². The number of methoxy groups -OCH3 is 1. The van der Waals surface area contributed by atoms with Gasteiger partial charge in [0.1, 0.15) is 11.4 Å². The average Bonchev–Trinajstić information content (AvgIpc) is 2.43. The quantitative estimate of drug-likeness (QED) is 0.812. The summed E-state index contributed by atoms with van der Waals surface area (Å²) in [6, 6.07) is 5.48. The summed E-state index contributed by atoms with van der Waals surface area (Å²) in [4.78, 5) is 11.9. The molecule has 0 aliphatic rings. The minimum atomic E-state index is -0.527. The van der Waals surface area contributed by atoms with Gasteiger partial charge in [-0.3, -0.25) is 5.32 Å². The highest BCUT2D eigenvalue weighted by Gasteiger charge is 2.17. The van der Waals surface area contributed by atoms with Crippen molar-refractivity contribution in [1.29, 1.82) is 0 Å². The molecule has 1 amide bonds. The molecule has 2 N–H and O–H groups in total. The Kier molecular flexibility index (Phi) is 6.53. The van der Waals surface area contributed by atoms with E-state index in [0.29, 0.717) is 11.6 Å². The molecule has 1 atom stereocenters. The van der Waals surface area contributed by atoms with E-state index >= 15 is 0 Å². The fourth-order valence-electron chi connectivity index (χ4n) is 1.75. The third kappa shape index (κ3) is 6.24. The number of hydrogen-bond donors (Lipinski definition) is 2. The van der Waals surface area contributed by atoms with Crippen LogP contribution in [0, 0.1) is 5.92 Å². The topological polar surface area (TPSA) is 59.6 Å². The zero-order valence-corrected chi connectivity index (χ0v) is 14.4. The van der Waals surface area contributed by atoms with Crippen molar-refractivity contribution in [1.82, 2.24) is 0 Å². The second-order valence-corrected chi connectivity index (χ2v) is 6.43. The summed E-state index contributed by atoms with van der Waals surface area (Å²) >= 11 is 0. The molecule has 5 heteroatoms. The van der Waals surface area contributed by atoms with Gasteiger partial charge in [0.2, 0.25) is 0 Å². The number of anilines is 2. The molecule has 1 aromatic rings. The second kappa shape index (κ2) is 7.92. The van der Waals surface area contributed by atoms with Crippen LogP contribution in [0.1, 0.15) is 41.0 Å². The number of rotatable bonds is 6. The molecule has 0 bridgehead atoms. The molecule has 0 heterocycles. The summed E-state index contributed by atoms with van der Waals surface area (Å²) in [6.07, 6.45) is 0.621. The molecule has 0 saturated carbocycles. The zero-order chi connectivity index (χ0) is 16.8. The van der Waals surface area contributed by atoms with Crippen molar-refractivity contribution in [2.75, 3.05) is 24.3 Å². The van der Waals surface area contributed by atoms with Gasteiger partial charge in [-0.2, -0.15) is 0 Å². The molecule has 22 heavy (non-hydrogen) atoms. The first-order valence-electron chi connectivity index (χ1n) is 7.67. The van der Waals surface area contributed by atoms with Crippen molar-refractivity contribution in [3.63, 3.8) is 0 Å². The highest BCUT2D eigenvalue weighted by atomic mass is 16.6. The maximum atomic E-state index is 11.9. The van der Waals surface area contributed by atoms with Gasteiger partial charge in [-0.15, -0.1) is 0 Å². The van der Waals surface area contributed by atoms with E-state index in [-0.39, 0.29) is 0 Å². The minimum absolute atomic E-state index is 0.468. The number of carbonyl (C=O) groups excluding carboxylic acids is 1. The smallest absolute Gasteiger partial charge is 0.412 e. The Morgan fingerprint density at radius 3 is 2.50 bits per heavy atom. The second-order valence-electron chi connectivity index (χ2n) is 6.43. The predicted octanol–water partition coefficient (Wildman–Crippen LogP) is 4.50. The van der Waals surface area contributed by atoms with Crippen LogP contribution in [-0.2, 0) is 4.74 Å². The van der Waals surface area contributed by atoms with Crippen LogP contribution >= 0.6 is 0 Å². The van der Waals surface area contributed by atoms with Gasteiger partial charge < -0.3 is 14.8 Å². The van der Waals surface area contributed by atoms with Crippen LogP contribution in [0.25, 0.3) is 0 Å². The lowest BCUT2D eigenvalue weighted by molar-refractivity contribution is 0.0636. The van der Waals surface area contributed by atoms with Gasteiger partial charge in [0, 0.05) is 12.6 Å². The molecule has 0 aliphatic heterocycles. The average molecular weight is 308 g/mol. The number of nitrogens with one attached hydrogen (secondary N) is 2. The molecular weight excluding hydrogens is 280 g/mol. The van der Waals surface area contributed by atoms with Gasteiger partial charge >= 0.3 is 6.09 Å². The molecule has 1 rings (SSSR count). The normalized spacial score (nSPS) is 12.5. The van der Waals surface area contributed by atoms with Gasteiger partial charge in [0.05, 0.1) is 18.5 Å². The van der Waals surface area contributed by atoms with Crippen molar-refractivity contribution in [3.8, 4) is 5.75 Å². The Hall–Kier alpha value is -1.91. The van der Waals surface area contributed by atoms with Crippen molar-refractivity contribution in [2.45, 2.75) is 46.6 Å². The number of benzene rings is 1. The first-order valence-corrected chi connectivity index (χ1v) is 7.67. The van der Waals surface area contributed by atoms with Crippen LogP contribution in [-0.4, -0.2) is 25.3 Å². The van der Waals surface area contributed by atoms with Crippen molar-refractivity contribution in [2.24, 2.45) is 5.92 Å². The van der Waals surface area contributed by atoms with E-state index < -0.39 is 11.7 Å². The van der Waals surface area contributed by atoms with Crippen LogP contribution in [0.3, 0.4) is 0 Å². The molecule has 5 nitrogen and oxygen atoms in total. The molecule has 0 fully saturated rings. The SMILES string of the molecule is CCC(C)CNc1cc(OC)ccc1NC(=O)OC(C)(C)C. The van der Waals surface area contributed by atoms with E-state index in [0.717, 1.165) is 24.4 Å². The van der Waals surface area contributed by atoms with Gasteiger partial charge in [0.25, 0.3) is 0 Å². The summed E-state index contributed by atoms with van der Waals surface area (Å²) < 4.78 is 10.5. The predicted molar refractivity (Wildman–Crippen MR) is 90.8 cm³/mol. The van der Waals surface area contributed by atoms with E-state index in [1.807, 2.05) is 32.9 Å². The van der Waals surface area contributed by atoms with Crippen molar-refractivity contribution < 1.29 is 14.3 Å². The van der Waals surface area contributed by atoms with Gasteiger partial charge in [-0.1, -0.05) is 20.3 Å². The van der Waals surface area contributed by atoms with E-state index in [2.05, 4.69) is 24.5 Å². The third-order valence-electron chi connectivity index (χ3n) is 3.20. The van der Waals surface area contributed by atoms with E-state index in [1.54, 1.807) is 13.2 Å². The standard InChI is InChI=1S/C17H28N2O3/c1-7-12(2)11-18-15-10-13(21-6)8-9-14(15)19-16(20)22-17(3,4)5/h8-10,12,18H,7,11H2,1-6H3,(H,19,20). The first-order chi connectivity index (χ1) is 10.2. The largest absolute Gasteiger partial charge is 0.497 e. The molecular formula is C17H28N2O3. The molecule has 0 aliphatic carbocycles. The fourth-order valence-corrected chi connectivity index (χ4v) is 1.75. The number of amides is 1. The highest BCUT2D eigenvalue weighted by Crippen LogP contribution is 2.28. The Labute approximate surface area is 133 Å². The first kappa shape index (κ1) is 18.1. The lowest BCUT2D eigenvalue weighted by Gasteiger charge is -2.21. The molecule has 1 unspecified atom stereocenters. The third-order valence-corrected chi connectivity index (χ3v) is 3.20. The number of ether oxygens (including phenoxy) is 2. The summed E-state index contributed by atoms with van der Waals surface area (Å²) in [7, 11) is 1.62. The van der Waals surface area contributed by atoms with Gasteiger partial charge in [-0.05, 0) is 38.8 Å². The summed E-state index contributed by atoms with van der Waals surface area (Å²) in [5.41, 5.74) is 0.977. The fraction of sp³-hybridized carbons (Fsp3) is 0.588. The van der Waals surface area contributed by atoms with Crippen LogP contribution in [0.5, 0.6) is 5.75 Å². The Morgan fingerprint density at radius 1 is 1.27 bits per heavy atom. The highest BCUT2D eigenvalue weighted by molar-refractivity contribution is 5.90. The van der Waals surface area contributed by atoms with Gasteiger partial charge in [0.15, 0.2) is 0 Å². The summed E-state index contributed by atoms with van der Waals surface area (Å²) in [5, 5.41) is 6.14. The van der Waals surface area contributed by atoms with E-state index in [1.165, 1.54) is 0 Å². The summed E-state index contributed by atoms with van der Waals surface area (Å²) in [6.45, 7) is 10.7. The molecule has 1 aromatic carbocycles. The Balaban J connectivity index is 2.85.